The van der Waals surface area contributed by atoms with E-state index in [4.69, 9.17) is 0 Å². The Labute approximate surface area is 136 Å². The number of benzene rings is 1. The number of nitrogens with zero attached hydrogens (tertiary/aromatic N) is 2. The van der Waals surface area contributed by atoms with Crippen molar-refractivity contribution in [2.45, 2.75) is 30.6 Å². The molecule has 1 amide bonds. The highest BCUT2D eigenvalue weighted by molar-refractivity contribution is 7.99. The first kappa shape index (κ1) is 15.7. The summed E-state index contributed by atoms with van der Waals surface area (Å²) in [5, 5.41) is 3.35. The number of carbonyl (C=O) groups excluding carboxylic acids is 1. The number of carbonyl (C=O) groups is 1. The molecule has 120 valence electrons. The molecule has 0 unspecified atom stereocenters. The molecular formula is C16H16FN3O2S. The van der Waals surface area contributed by atoms with Crippen molar-refractivity contribution in [3.63, 3.8) is 0 Å². The summed E-state index contributed by atoms with van der Waals surface area (Å²) in [6.07, 6.45) is 3.90. The Bertz CT molecular complexity index is 757. The Hall–Kier alpha value is -2.15. The summed E-state index contributed by atoms with van der Waals surface area (Å²) in [5.41, 5.74) is 0.536. The van der Waals surface area contributed by atoms with Crippen molar-refractivity contribution in [1.29, 1.82) is 0 Å². The summed E-state index contributed by atoms with van der Waals surface area (Å²) in [7, 11) is 0. The zero-order valence-corrected chi connectivity index (χ0v) is 13.2. The SMILES string of the molecule is O=C(CSc1nc(=O)ccn1C1CC1)NCc1ccc(F)cc1. The van der Waals surface area contributed by atoms with E-state index in [0.29, 0.717) is 17.7 Å². The average molecular weight is 333 g/mol. The molecule has 2 aromatic rings. The van der Waals surface area contributed by atoms with E-state index >= 15 is 0 Å². The standard InChI is InChI=1S/C16H16FN3O2S/c17-12-3-1-11(2-4-12)9-18-15(22)10-23-16-19-14(21)7-8-20(16)13-5-6-13/h1-4,7-8,13H,5-6,9-10H2,(H,18,22). The van der Waals surface area contributed by atoms with Crippen LogP contribution in [0.3, 0.4) is 0 Å². The van der Waals surface area contributed by atoms with Crippen molar-refractivity contribution in [1.82, 2.24) is 14.9 Å². The van der Waals surface area contributed by atoms with E-state index in [2.05, 4.69) is 10.3 Å². The highest BCUT2D eigenvalue weighted by Crippen LogP contribution is 2.36. The zero-order valence-electron chi connectivity index (χ0n) is 12.4. The van der Waals surface area contributed by atoms with Gasteiger partial charge in [0.05, 0.1) is 5.75 Å². The van der Waals surface area contributed by atoms with Gasteiger partial charge in [0.2, 0.25) is 5.91 Å². The molecule has 5 nitrogen and oxygen atoms in total. The molecule has 1 heterocycles. The molecule has 1 aromatic carbocycles. The summed E-state index contributed by atoms with van der Waals surface area (Å²) in [5.74, 6) is -0.270. The fourth-order valence-electron chi connectivity index (χ4n) is 2.12. The van der Waals surface area contributed by atoms with Gasteiger partial charge in [0, 0.05) is 24.8 Å². The molecular weight excluding hydrogens is 317 g/mol. The van der Waals surface area contributed by atoms with E-state index < -0.39 is 0 Å². The van der Waals surface area contributed by atoms with E-state index in [0.717, 1.165) is 18.4 Å². The van der Waals surface area contributed by atoms with Crippen LogP contribution in [-0.2, 0) is 11.3 Å². The van der Waals surface area contributed by atoms with Gasteiger partial charge in [0.25, 0.3) is 5.56 Å². The van der Waals surface area contributed by atoms with Crippen molar-refractivity contribution in [3.05, 3.63) is 58.3 Å². The number of rotatable bonds is 6. The number of hydrogen-bond acceptors (Lipinski definition) is 4. The lowest BCUT2D eigenvalue weighted by Crippen LogP contribution is -2.25. The number of hydrogen-bond donors (Lipinski definition) is 1. The van der Waals surface area contributed by atoms with Crippen LogP contribution in [0.15, 0.2) is 46.5 Å². The van der Waals surface area contributed by atoms with Gasteiger partial charge in [-0.3, -0.25) is 9.59 Å². The van der Waals surface area contributed by atoms with Crippen LogP contribution in [0.1, 0.15) is 24.4 Å². The minimum absolute atomic E-state index is 0.153. The highest BCUT2D eigenvalue weighted by Gasteiger charge is 2.25. The van der Waals surface area contributed by atoms with E-state index in [1.165, 1.54) is 30.0 Å². The van der Waals surface area contributed by atoms with Crippen LogP contribution in [0.2, 0.25) is 0 Å². The van der Waals surface area contributed by atoms with Crippen LogP contribution < -0.4 is 10.9 Å². The Morgan fingerprint density at radius 3 is 2.74 bits per heavy atom. The normalized spacial score (nSPS) is 13.8. The average Bonchev–Trinajstić information content (AvgIpc) is 3.37. The second-order valence-corrected chi connectivity index (χ2v) is 6.32. The predicted molar refractivity (Wildman–Crippen MR) is 85.7 cm³/mol. The molecule has 1 aromatic heterocycles. The van der Waals surface area contributed by atoms with Crippen LogP contribution in [0.25, 0.3) is 0 Å². The lowest BCUT2D eigenvalue weighted by Gasteiger charge is -2.10. The number of halogens is 1. The lowest BCUT2D eigenvalue weighted by molar-refractivity contribution is -0.118. The first-order valence-corrected chi connectivity index (χ1v) is 8.33. The minimum Gasteiger partial charge on any atom is -0.351 e. The second kappa shape index (κ2) is 6.95. The lowest BCUT2D eigenvalue weighted by atomic mass is 10.2. The molecule has 1 fully saturated rings. The fraction of sp³-hybridized carbons (Fsp3) is 0.312. The first-order valence-electron chi connectivity index (χ1n) is 7.35. The fourth-order valence-corrected chi connectivity index (χ4v) is 2.99. The summed E-state index contributed by atoms with van der Waals surface area (Å²) in [6.45, 7) is 0.345. The molecule has 7 heteroatoms. The maximum absolute atomic E-state index is 12.8. The molecule has 0 bridgehead atoms. The van der Waals surface area contributed by atoms with Crippen molar-refractivity contribution < 1.29 is 9.18 Å². The van der Waals surface area contributed by atoms with Crippen LogP contribution in [0.4, 0.5) is 4.39 Å². The summed E-state index contributed by atoms with van der Waals surface area (Å²) in [6, 6.07) is 7.82. The van der Waals surface area contributed by atoms with Crippen molar-refractivity contribution in [2.75, 3.05) is 5.75 Å². The first-order chi connectivity index (χ1) is 11.1. The van der Waals surface area contributed by atoms with Crippen molar-refractivity contribution >= 4 is 17.7 Å². The van der Waals surface area contributed by atoms with Gasteiger partial charge in [-0.1, -0.05) is 23.9 Å². The number of nitrogens with one attached hydrogen (secondary N) is 1. The third-order valence-corrected chi connectivity index (χ3v) is 4.45. The number of amides is 1. The minimum atomic E-state index is -0.302. The van der Waals surface area contributed by atoms with Gasteiger partial charge in [-0.15, -0.1) is 0 Å². The molecule has 3 rings (SSSR count). The molecule has 0 atom stereocenters. The Morgan fingerprint density at radius 1 is 1.30 bits per heavy atom. The van der Waals surface area contributed by atoms with E-state index in [1.54, 1.807) is 18.3 Å². The smallest absolute Gasteiger partial charge is 0.273 e. The van der Waals surface area contributed by atoms with E-state index in [1.807, 2.05) is 4.57 Å². The van der Waals surface area contributed by atoms with Gasteiger partial charge >= 0.3 is 0 Å². The molecule has 1 aliphatic rings. The molecule has 0 spiro atoms. The van der Waals surface area contributed by atoms with Crippen LogP contribution in [0, 0.1) is 5.82 Å². The third-order valence-electron chi connectivity index (χ3n) is 3.48. The highest BCUT2D eigenvalue weighted by atomic mass is 32.2. The molecule has 23 heavy (non-hydrogen) atoms. The zero-order chi connectivity index (χ0) is 16.2. The topological polar surface area (TPSA) is 64.0 Å². The van der Waals surface area contributed by atoms with Gasteiger partial charge < -0.3 is 9.88 Å². The second-order valence-electron chi connectivity index (χ2n) is 5.38. The molecule has 1 aliphatic carbocycles. The number of thioether (sulfide) groups is 1. The van der Waals surface area contributed by atoms with Gasteiger partial charge in [-0.05, 0) is 30.5 Å². The summed E-state index contributed by atoms with van der Waals surface area (Å²) < 4.78 is 14.8. The Kier molecular flexibility index (Phi) is 4.76. The van der Waals surface area contributed by atoms with Crippen molar-refractivity contribution in [2.24, 2.45) is 0 Å². The van der Waals surface area contributed by atoms with Gasteiger partial charge in [0.15, 0.2) is 5.16 Å². The summed E-state index contributed by atoms with van der Waals surface area (Å²) in [4.78, 5) is 27.3. The van der Waals surface area contributed by atoms with Gasteiger partial charge in [-0.2, -0.15) is 4.98 Å². The quantitative estimate of drug-likeness (QED) is 0.650. The van der Waals surface area contributed by atoms with E-state index in [9.17, 15) is 14.0 Å². The molecule has 1 saturated carbocycles. The predicted octanol–water partition coefficient (Wildman–Crippen LogP) is 2.13. The molecule has 0 aliphatic heterocycles. The van der Waals surface area contributed by atoms with Crippen LogP contribution in [-0.4, -0.2) is 21.2 Å². The largest absolute Gasteiger partial charge is 0.351 e. The molecule has 1 N–H and O–H groups in total. The van der Waals surface area contributed by atoms with Crippen LogP contribution >= 0.6 is 11.8 Å². The Balaban J connectivity index is 1.54. The van der Waals surface area contributed by atoms with E-state index in [-0.39, 0.29) is 23.0 Å². The van der Waals surface area contributed by atoms with Crippen LogP contribution in [0.5, 0.6) is 0 Å². The number of aromatic nitrogens is 2. The van der Waals surface area contributed by atoms with Gasteiger partial charge in [0.1, 0.15) is 5.82 Å². The maximum Gasteiger partial charge on any atom is 0.273 e. The third kappa shape index (κ3) is 4.41. The monoisotopic (exact) mass is 333 g/mol. The molecule has 0 saturated heterocycles. The van der Waals surface area contributed by atoms with Gasteiger partial charge in [-0.25, -0.2) is 4.39 Å². The Morgan fingerprint density at radius 2 is 2.04 bits per heavy atom. The van der Waals surface area contributed by atoms with Crippen molar-refractivity contribution in [3.8, 4) is 0 Å². The maximum atomic E-state index is 12.8. The molecule has 0 radical (unpaired) electrons. The summed E-state index contributed by atoms with van der Waals surface area (Å²) >= 11 is 1.26.